The van der Waals surface area contributed by atoms with Gasteiger partial charge in [-0.15, -0.1) is 0 Å². The van der Waals surface area contributed by atoms with E-state index in [1.54, 1.807) is 12.1 Å². The largest absolute Gasteiger partial charge is 0.480 e. The number of nitrogens with zero attached hydrogens (tertiary/aromatic N) is 2. The molecule has 0 radical (unpaired) electrons. The van der Waals surface area contributed by atoms with E-state index in [2.05, 4.69) is 4.98 Å². The molecule has 5 nitrogen and oxygen atoms in total. The van der Waals surface area contributed by atoms with Crippen molar-refractivity contribution in [2.45, 2.75) is 12.5 Å². The van der Waals surface area contributed by atoms with Crippen LogP contribution in [0.1, 0.15) is 15.9 Å². The normalized spacial score (nSPS) is 16.6. The average Bonchev–Trinajstić information content (AvgIpc) is 2.86. The van der Waals surface area contributed by atoms with E-state index in [1.165, 1.54) is 23.2 Å². The molecule has 1 aromatic heterocycles. The number of fused-ring (bicyclic) bond motifs is 1. The number of benzene rings is 1. The number of amides is 1. The molecule has 0 saturated heterocycles. The summed E-state index contributed by atoms with van der Waals surface area (Å²) in [7, 11) is 0. The van der Waals surface area contributed by atoms with E-state index in [4.69, 9.17) is 11.6 Å². The van der Waals surface area contributed by atoms with Gasteiger partial charge in [0.05, 0.1) is 0 Å². The molecule has 1 N–H and O–H groups in total. The molecule has 1 amide bonds. The summed E-state index contributed by atoms with van der Waals surface area (Å²) in [6.07, 6.45) is 1.73. The lowest BCUT2D eigenvalue weighted by molar-refractivity contribution is -0.138. The van der Waals surface area contributed by atoms with Crippen molar-refractivity contribution in [2.75, 3.05) is 4.90 Å². The molecule has 0 fully saturated rings. The molecule has 0 saturated carbocycles. The number of anilines is 1. The van der Waals surface area contributed by atoms with E-state index in [-0.39, 0.29) is 5.15 Å². The van der Waals surface area contributed by atoms with Crippen LogP contribution in [0.4, 0.5) is 5.69 Å². The van der Waals surface area contributed by atoms with E-state index < -0.39 is 17.9 Å². The van der Waals surface area contributed by atoms with Crippen LogP contribution in [0.2, 0.25) is 5.15 Å². The number of carbonyl (C=O) groups excluding carboxylic acids is 1. The van der Waals surface area contributed by atoms with Gasteiger partial charge in [0, 0.05) is 23.9 Å². The predicted molar refractivity (Wildman–Crippen MR) is 77.6 cm³/mol. The first kappa shape index (κ1) is 13.6. The lowest BCUT2D eigenvalue weighted by Gasteiger charge is -2.22. The fourth-order valence-electron chi connectivity index (χ4n) is 2.51. The number of para-hydroxylation sites is 1. The highest BCUT2D eigenvalue weighted by atomic mass is 35.5. The van der Waals surface area contributed by atoms with E-state index in [0.717, 1.165) is 5.56 Å². The van der Waals surface area contributed by atoms with Crippen LogP contribution in [-0.2, 0) is 11.2 Å². The van der Waals surface area contributed by atoms with Gasteiger partial charge in [-0.2, -0.15) is 0 Å². The number of aliphatic carboxylic acids is 1. The number of carboxylic acid groups (broad SMARTS) is 1. The molecular formula is C15H11ClN2O3. The molecule has 1 aliphatic rings. The van der Waals surface area contributed by atoms with Crippen molar-refractivity contribution in [3.8, 4) is 0 Å². The Hall–Kier alpha value is -2.40. The average molecular weight is 303 g/mol. The third-order valence-corrected chi connectivity index (χ3v) is 3.66. The minimum absolute atomic E-state index is 0.195. The summed E-state index contributed by atoms with van der Waals surface area (Å²) >= 11 is 5.80. The Balaban J connectivity index is 2.05. The third-order valence-electron chi connectivity index (χ3n) is 3.45. The quantitative estimate of drug-likeness (QED) is 0.865. The maximum Gasteiger partial charge on any atom is 0.327 e. The highest BCUT2D eigenvalue weighted by Gasteiger charge is 2.38. The van der Waals surface area contributed by atoms with Gasteiger partial charge in [0.25, 0.3) is 5.91 Å². The summed E-state index contributed by atoms with van der Waals surface area (Å²) in [6.45, 7) is 0. The Morgan fingerprint density at radius 2 is 2.05 bits per heavy atom. The highest BCUT2D eigenvalue weighted by Crippen LogP contribution is 2.33. The van der Waals surface area contributed by atoms with Crippen LogP contribution in [0.5, 0.6) is 0 Å². The minimum Gasteiger partial charge on any atom is -0.480 e. The number of carboxylic acids is 1. The zero-order valence-electron chi connectivity index (χ0n) is 10.9. The molecule has 1 aromatic carbocycles. The van der Waals surface area contributed by atoms with Crippen LogP contribution in [0.15, 0.2) is 42.6 Å². The highest BCUT2D eigenvalue weighted by molar-refractivity contribution is 6.29. The fraction of sp³-hybridized carbons (Fsp3) is 0.133. The third kappa shape index (κ3) is 2.36. The van der Waals surface area contributed by atoms with Crippen LogP contribution in [0.25, 0.3) is 0 Å². The summed E-state index contributed by atoms with van der Waals surface area (Å²) in [5.74, 6) is -1.42. The van der Waals surface area contributed by atoms with Gasteiger partial charge in [0.1, 0.15) is 11.2 Å². The SMILES string of the molecule is O=C(O)C1Cc2ccccc2N1C(=O)c1ccnc(Cl)c1. The van der Waals surface area contributed by atoms with Crippen LogP contribution in [-0.4, -0.2) is 28.0 Å². The van der Waals surface area contributed by atoms with E-state index in [9.17, 15) is 14.7 Å². The van der Waals surface area contributed by atoms with Gasteiger partial charge in [-0.1, -0.05) is 29.8 Å². The predicted octanol–water partition coefficient (Wildman–Crippen LogP) is 2.39. The number of rotatable bonds is 2. The van der Waals surface area contributed by atoms with E-state index >= 15 is 0 Å². The van der Waals surface area contributed by atoms with Gasteiger partial charge in [0.2, 0.25) is 0 Å². The van der Waals surface area contributed by atoms with Crippen LogP contribution < -0.4 is 4.90 Å². The van der Waals surface area contributed by atoms with Crippen molar-refractivity contribution in [1.29, 1.82) is 0 Å². The lowest BCUT2D eigenvalue weighted by Crippen LogP contribution is -2.42. The standard InChI is InChI=1S/C15H11ClN2O3/c16-13-8-10(5-6-17-13)14(19)18-11-4-2-1-3-9(11)7-12(18)15(20)21/h1-6,8,12H,7H2,(H,20,21). The van der Waals surface area contributed by atoms with Gasteiger partial charge in [-0.25, -0.2) is 9.78 Å². The second kappa shape index (κ2) is 5.18. The summed E-state index contributed by atoms with van der Waals surface area (Å²) in [4.78, 5) is 29.2. The van der Waals surface area contributed by atoms with E-state index in [1.807, 2.05) is 12.1 Å². The second-order valence-corrected chi connectivity index (χ2v) is 5.12. The molecule has 1 unspecified atom stereocenters. The second-order valence-electron chi connectivity index (χ2n) is 4.73. The number of aromatic nitrogens is 1. The zero-order chi connectivity index (χ0) is 15.0. The lowest BCUT2D eigenvalue weighted by atomic mass is 10.1. The Kier molecular flexibility index (Phi) is 3.35. The topological polar surface area (TPSA) is 70.5 Å². The molecule has 3 rings (SSSR count). The van der Waals surface area contributed by atoms with Gasteiger partial charge in [-0.3, -0.25) is 9.69 Å². The molecule has 21 heavy (non-hydrogen) atoms. The van der Waals surface area contributed by atoms with Crippen molar-refractivity contribution in [3.05, 3.63) is 58.9 Å². The molecular weight excluding hydrogens is 292 g/mol. The molecule has 106 valence electrons. The molecule has 1 aliphatic heterocycles. The Labute approximate surface area is 125 Å². The summed E-state index contributed by atoms with van der Waals surface area (Å²) in [6, 6.07) is 9.24. The van der Waals surface area contributed by atoms with Crippen LogP contribution >= 0.6 is 11.6 Å². The number of halogens is 1. The molecule has 2 heterocycles. The van der Waals surface area contributed by atoms with Gasteiger partial charge >= 0.3 is 5.97 Å². The smallest absolute Gasteiger partial charge is 0.327 e. The molecule has 0 aliphatic carbocycles. The maximum atomic E-state index is 12.7. The zero-order valence-corrected chi connectivity index (χ0v) is 11.6. The first-order chi connectivity index (χ1) is 10.1. The fourth-order valence-corrected chi connectivity index (χ4v) is 2.68. The molecule has 0 spiro atoms. The van der Waals surface area contributed by atoms with Gasteiger partial charge in [0.15, 0.2) is 0 Å². The number of hydrogen-bond donors (Lipinski definition) is 1. The first-order valence-corrected chi connectivity index (χ1v) is 6.71. The van der Waals surface area contributed by atoms with E-state index in [0.29, 0.717) is 17.7 Å². The van der Waals surface area contributed by atoms with Crippen molar-refractivity contribution in [2.24, 2.45) is 0 Å². The molecule has 6 heteroatoms. The van der Waals surface area contributed by atoms with Crippen molar-refractivity contribution in [1.82, 2.24) is 4.98 Å². The Bertz CT molecular complexity index is 732. The molecule has 2 aromatic rings. The van der Waals surface area contributed by atoms with Crippen molar-refractivity contribution < 1.29 is 14.7 Å². The minimum atomic E-state index is -1.03. The molecule has 0 bridgehead atoms. The van der Waals surface area contributed by atoms with Gasteiger partial charge < -0.3 is 5.11 Å². The summed E-state index contributed by atoms with van der Waals surface area (Å²) in [5, 5.41) is 9.57. The summed E-state index contributed by atoms with van der Waals surface area (Å²) < 4.78 is 0. The van der Waals surface area contributed by atoms with Crippen molar-refractivity contribution in [3.63, 3.8) is 0 Å². The van der Waals surface area contributed by atoms with Crippen LogP contribution in [0, 0.1) is 0 Å². The summed E-state index contributed by atoms with van der Waals surface area (Å²) in [5.41, 5.74) is 1.79. The Morgan fingerprint density at radius 1 is 1.29 bits per heavy atom. The maximum absolute atomic E-state index is 12.7. The van der Waals surface area contributed by atoms with Gasteiger partial charge in [-0.05, 0) is 23.8 Å². The monoisotopic (exact) mass is 302 g/mol. The first-order valence-electron chi connectivity index (χ1n) is 6.34. The van der Waals surface area contributed by atoms with Crippen molar-refractivity contribution >= 4 is 29.2 Å². The molecule has 1 atom stereocenters. The Morgan fingerprint density at radius 3 is 2.76 bits per heavy atom. The number of pyridine rings is 1. The number of hydrogen-bond acceptors (Lipinski definition) is 3. The van der Waals surface area contributed by atoms with Crippen LogP contribution in [0.3, 0.4) is 0 Å². The number of carbonyl (C=O) groups is 2.